The van der Waals surface area contributed by atoms with Gasteiger partial charge in [0, 0.05) is 30.2 Å². The maximum Gasteiger partial charge on any atom is 0.307 e. The zero-order chi connectivity index (χ0) is 13.8. The monoisotopic (exact) mass is 279 g/mol. The van der Waals surface area contributed by atoms with Crippen LogP contribution in [0.4, 0.5) is 5.82 Å². The van der Waals surface area contributed by atoms with Gasteiger partial charge in [-0.3, -0.25) is 9.59 Å². The second-order valence-electron chi connectivity index (χ2n) is 3.96. The summed E-state index contributed by atoms with van der Waals surface area (Å²) < 4.78 is 1.54. The topological polar surface area (TPSA) is 84.2 Å². The van der Waals surface area contributed by atoms with Crippen molar-refractivity contribution in [3.63, 3.8) is 0 Å². The molecule has 0 saturated carbocycles. The van der Waals surface area contributed by atoms with Gasteiger partial charge in [0.15, 0.2) is 11.6 Å². The van der Waals surface area contributed by atoms with Crippen LogP contribution < -0.4 is 10.2 Å². The normalized spacial score (nSPS) is 10.4. The number of rotatable bonds is 4. The molecule has 6 nitrogen and oxygen atoms in total. The van der Waals surface area contributed by atoms with Crippen LogP contribution in [0.25, 0.3) is 0 Å². The van der Waals surface area contributed by atoms with Crippen molar-refractivity contribution in [2.24, 2.45) is 0 Å². The average Bonchev–Trinajstić information content (AvgIpc) is 2.70. The number of hydrogen-bond donors (Lipinski definition) is 2. The lowest BCUT2D eigenvalue weighted by atomic mass is 10.3. The van der Waals surface area contributed by atoms with E-state index in [-0.39, 0.29) is 28.8 Å². The predicted molar refractivity (Wildman–Crippen MR) is 72.5 cm³/mol. The fourth-order valence-electron chi connectivity index (χ4n) is 1.58. The van der Waals surface area contributed by atoms with Crippen molar-refractivity contribution in [2.75, 3.05) is 5.32 Å². The van der Waals surface area contributed by atoms with Crippen molar-refractivity contribution < 1.29 is 9.90 Å². The van der Waals surface area contributed by atoms with Gasteiger partial charge in [-0.2, -0.15) is 0 Å². The number of carbonyl (C=O) groups excluding carboxylic acids is 1. The van der Waals surface area contributed by atoms with Crippen molar-refractivity contribution in [3.05, 3.63) is 39.1 Å². The number of hydrogen-bond acceptors (Lipinski definition) is 5. The van der Waals surface area contributed by atoms with Gasteiger partial charge in [0.1, 0.15) is 0 Å². The summed E-state index contributed by atoms with van der Waals surface area (Å²) >= 11 is 1.11. The van der Waals surface area contributed by atoms with Gasteiger partial charge in [-0.1, -0.05) is 11.3 Å². The third kappa shape index (κ3) is 3.19. The summed E-state index contributed by atoms with van der Waals surface area (Å²) in [5.41, 5.74) is 0.837. The molecule has 0 spiro atoms. The van der Waals surface area contributed by atoms with Gasteiger partial charge in [0.2, 0.25) is 5.91 Å². The van der Waals surface area contributed by atoms with E-state index in [1.54, 1.807) is 16.0 Å². The quantitative estimate of drug-likeness (QED) is 0.884. The Morgan fingerprint density at radius 3 is 3.00 bits per heavy atom. The Balaban J connectivity index is 1.96. The van der Waals surface area contributed by atoms with E-state index < -0.39 is 0 Å². The molecule has 2 rings (SSSR count). The van der Waals surface area contributed by atoms with E-state index in [1.807, 2.05) is 6.92 Å². The molecule has 2 N–H and O–H groups in total. The summed E-state index contributed by atoms with van der Waals surface area (Å²) in [5.74, 6) is -0.256. The molecule has 2 aromatic heterocycles. The molecular formula is C12H13N3O3S. The van der Waals surface area contributed by atoms with Gasteiger partial charge in [-0.05, 0) is 19.1 Å². The third-order valence-electron chi connectivity index (χ3n) is 2.58. The predicted octanol–water partition coefficient (Wildman–Crippen LogP) is 1.35. The molecule has 0 fully saturated rings. The molecule has 0 unspecified atom stereocenters. The van der Waals surface area contributed by atoms with Crippen LogP contribution in [-0.2, 0) is 11.3 Å². The zero-order valence-corrected chi connectivity index (χ0v) is 11.1. The molecule has 2 aromatic rings. The van der Waals surface area contributed by atoms with E-state index in [9.17, 15) is 14.7 Å². The van der Waals surface area contributed by atoms with E-state index in [4.69, 9.17) is 0 Å². The van der Waals surface area contributed by atoms with Crippen LogP contribution in [0, 0.1) is 6.92 Å². The number of aryl methyl sites for hydroxylation is 1. The Labute approximate surface area is 113 Å². The maximum atomic E-state index is 11.7. The van der Waals surface area contributed by atoms with Crippen molar-refractivity contribution in [2.45, 2.75) is 19.9 Å². The Hall–Kier alpha value is -2.15. The molecule has 0 radical (unpaired) electrons. The second-order valence-corrected chi connectivity index (χ2v) is 4.78. The Morgan fingerprint density at radius 2 is 2.37 bits per heavy atom. The smallest absolute Gasteiger partial charge is 0.307 e. The van der Waals surface area contributed by atoms with Crippen LogP contribution >= 0.6 is 11.3 Å². The highest BCUT2D eigenvalue weighted by molar-refractivity contribution is 7.07. The number of carbonyl (C=O) groups is 1. The molecule has 100 valence electrons. The molecule has 0 aliphatic heterocycles. The van der Waals surface area contributed by atoms with Crippen LogP contribution in [0.2, 0.25) is 0 Å². The summed E-state index contributed by atoms with van der Waals surface area (Å²) in [4.78, 5) is 26.9. The lowest BCUT2D eigenvalue weighted by Crippen LogP contribution is -2.20. The Kier molecular flexibility index (Phi) is 3.96. The number of anilines is 1. The minimum atomic E-state index is -0.300. The van der Waals surface area contributed by atoms with Gasteiger partial charge in [0.25, 0.3) is 0 Å². The van der Waals surface area contributed by atoms with E-state index >= 15 is 0 Å². The highest BCUT2D eigenvalue weighted by Crippen LogP contribution is 2.18. The largest absolute Gasteiger partial charge is 0.504 e. The highest BCUT2D eigenvalue weighted by Gasteiger charge is 2.09. The molecular weight excluding hydrogens is 266 g/mol. The SMILES string of the molecule is Cc1csc(=O)n1CCC(=O)Nc1ncccc1O. The molecule has 0 saturated heterocycles. The molecule has 0 atom stereocenters. The van der Waals surface area contributed by atoms with Crippen LogP contribution in [0.3, 0.4) is 0 Å². The van der Waals surface area contributed by atoms with Crippen molar-refractivity contribution in [1.29, 1.82) is 0 Å². The van der Waals surface area contributed by atoms with E-state index in [1.165, 1.54) is 12.3 Å². The fourth-order valence-corrected chi connectivity index (χ4v) is 2.34. The minimum Gasteiger partial charge on any atom is -0.504 e. The van der Waals surface area contributed by atoms with Gasteiger partial charge in [-0.25, -0.2) is 4.98 Å². The van der Waals surface area contributed by atoms with Crippen LogP contribution in [0.5, 0.6) is 5.75 Å². The minimum absolute atomic E-state index is 0.0778. The van der Waals surface area contributed by atoms with Gasteiger partial charge < -0.3 is 15.0 Å². The number of nitrogens with zero attached hydrogens (tertiary/aromatic N) is 2. The summed E-state index contributed by atoms with van der Waals surface area (Å²) in [6.07, 6.45) is 1.62. The maximum absolute atomic E-state index is 11.7. The average molecular weight is 279 g/mol. The lowest BCUT2D eigenvalue weighted by molar-refractivity contribution is -0.116. The molecule has 7 heteroatoms. The number of pyridine rings is 1. The molecule has 2 heterocycles. The Morgan fingerprint density at radius 1 is 1.58 bits per heavy atom. The number of thiazole rings is 1. The second kappa shape index (κ2) is 5.66. The number of amides is 1. The van der Waals surface area contributed by atoms with Crippen molar-refractivity contribution in [1.82, 2.24) is 9.55 Å². The highest BCUT2D eigenvalue weighted by atomic mass is 32.1. The van der Waals surface area contributed by atoms with Crippen LogP contribution in [0.1, 0.15) is 12.1 Å². The van der Waals surface area contributed by atoms with Crippen molar-refractivity contribution >= 4 is 23.1 Å². The summed E-state index contributed by atoms with van der Waals surface area (Å²) in [7, 11) is 0. The number of nitrogens with one attached hydrogen (secondary N) is 1. The number of aromatic hydroxyl groups is 1. The van der Waals surface area contributed by atoms with Crippen molar-refractivity contribution in [3.8, 4) is 5.75 Å². The molecule has 0 aromatic carbocycles. The molecule has 0 bridgehead atoms. The van der Waals surface area contributed by atoms with E-state index in [0.717, 1.165) is 17.0 Å². The lowest BCUT2D eigenvalue weighted by Gasteiger charge is -2.07. The molecule has 19 heavy (non-hydrogen) atoms. The first kappa shape index (κ1) is 13.3. The van der Waals surface area contributed by atoms with E-state index in [0.29, 0.717) is 6.54 Å². The molecule has 0 aliphatic rings. The fraction of sp³-hybridized carbons (Fsp3) is 0.250. The molecule has 1 amide bonds. The van der Waals surface area contributed by atoms with E-state index in [2.05, 4.69) is 10.3 Å². The summed E-state index contributed by atoms with van der Waals surface area (Å²) in [5, 5.41) is 13.7. The molecule has 0 aliphatic carbocycles. The third-order valence-corrected chi connectivity index (χ3v) is 3.46. The Bertz CT molecular complexity index is 648. The zero-order valence-electron chi connectivity index (χ0n) is 10.3. The van der Waals surface area contributed by atoms with Gasteiger partial charge in [-0.15, -0.1) is 0 Å². The first-order chi connectivity index (χ1) is 9.08. The first-order valence-electron chi connectivity index (χ1n) is 5.66. The van der Waals surface area contributed by atoms with Gasteiger partial charge in [0.05, 0.1) is 0 Å². The van der Waals surface area contributed by atoms with Crippen LogP contribution in [0.15, 0.2) is 28.5 Å². The summed E-state index contributed by atoms with van der Waals surface area (Å²) in [6.45, 7) is 2.13. The standard InChI is InChI=1S/C12H13N3O3S/c1-8-7-19-12(18)15(8)6-4-10(17)14-11-9(16)3-2-5-13-11/h2-3,5,7,16H,4,6H2,1H3,(H,13,14,17). The first-order valence-corrected chi connectivity index (χ1v) is 6.54. The number of aromatic nitrogens is 2. The summed E-state index contributed by atoms with van der Waals surface area (Å²) in [6, 6.07) is 3.01. The van der Waals surface area contributed by atoms with Crippen LogP contribution in [-0.4, -0.2) is 20.6 Å². The van der Waals surface area contributed by atoms with Gasteiger partial charge >= 0.3 is 4.87 Å².